The van der Waals surface area contributed by atoms with E-state index in [4.69, 9.17) is 16.3 Å². The lowest BCUT2D eigenvalue weighted by Crippen LogP contribution is -2.38. The number of rotatable bonds is 1. The molecule has 0 atom stereocenters. The zero-order chi connectivity index (χ0) is 20.6. The molecular formula is C24H29ClN2O2. The lowest BCUT2D eigenvalue weighted by atomic mass is 9.86. The molecule has 1 amide bonds. The first-order valence-corrected chi connectivity index (χ1v) is 10.8. The van der Waals surface area contributed by atoms with Crippen molar-refractivity contribution in [3.63, 3.8) is 0 Å². The highest BCUT2D eigenvalue weighted by atomic mass is 35.5. The van der Waals surface area contributed by atoms with Gasteiger partial charge in [0.2, 0.25) is 0 Å². The van der Waals surface area contributed by atoms with E-state index in [9.17, 15) is 4.79 Å². The summed E-state index contributed by atoms with van der Waals surface area (Å²) in [5.41, 5.74) is 7.20. The summed E-state index contributed by atoms with van der Waals surface area (Å²) in [7, 11) is 0. The van der Waals surface area contributed by atoms with Crippen LogP contribution in [0.5, 0.6) is 0 Å². The molecule has 0 spiro atoms. The fraction of sp³-hybridized carbons (Fsp3) is 0.458. The first kappa shape index (κ1) is 20.1. The standard InChI is InChI=1S/C24H29ClN2O2/c1-24(2,3)29-23(28)27-12-9-16-14-18-7-5-11-26-22(18)21(20(16)10-13-27)17-6-4-8-19(25)15-17/h4,6,8,14-15,26H,5,7,9-13H2,1-3H3. The van der Waals surface area contributed by atoms with Crippen LogP contribution in [0.15, 0.2) is 30.3 Å². The minimum absolute atomic E-state index is 0.225. The first-order chi connectivity index (χ1) is 13.8. The van der Waals surface area contributed by atoms with Crippen LogP contribution in [0.25, 0.3) is 11.1 Å². The highest BCUT2D eigenvalue weighted by Gasteiger charge is 2.27. The summed E-state index contributed by atoms with van der Waals surface area (Å²) in [6.45, 7) is 8.07. The molecule has 154 valence electrons. The second kappa shape index (κ2) is 7.91. The molecule has 5 heteroatoms. The number of fused-ring (bicyclic) bond motifs is 2. The monoisotopic (exact) mass is 412 g/mol. The van der Waals surface area contributed by atoms with Crippen LogP contribution in [0.2, 0.25) is 5.02 Å². The van der Waals surface area contributed by atoms with Crippen molar-refractivity contribution in [2.75, 3.05) is 25.0 Å². The summed E-state index contributed by atoms with van der Waals surface area (Å²) in [5.74, 6) is 0. The zero-order valence-electron chi connectivity index (χ0n) is 17.5. The van der Waals surface area contributed by atoms with E-state index in [0.29, 0.717) is 13.1 Å². The van der Waals surface area contributed by atoms with E-state index in [2.05, 4.69) is 17.4 Å². The molecule has 0 bridgehead atoms. The van der Waals surface area contributed by atoms with Gasteiger partial charge in [0.25, 0.3) is 0 Å². The molecule has 4 nitrogen and oxygen atoms in total. The molecule has 2 heterocycles. The molecule has 2 aliphatic rings. The SMILES string of the molecule is CC(C)(C)OC(=O)N1CCc2cc3c(c(-c4cccc(Cl)c4)c2CC1)NCCC3. The highest BCUT2D eigenvalue weighted by Crippen LogP contribution is 2.41. The maximum Gasteiger partial charge on any atom is 0.410 e. The number of nitrogens with one attached hydrogen (secondary N) is 1. The molecule has 0 saturated carbocycles. The van der Waals surface area contributed by atoms with Crippen molar-refractivity contribution in [1.29, 1.82) is 0 Å². The van der Waals surface area contributed by atoms with Gasteiger partial charge in [-0.05, 0) is 80.8 Å². The van der Waals surface area contributed by atoms with E-state index in [1.165, 1.54) is 27.9 Å². The molecule has 0 unspecified atom stereocenters. The number of ether oxygens (including phenoxy) is 1. The van der Waals surface area contributed by atoms with E-state index in [0.717, 1.165) is 42.8 Å². The molecule has 0 fully saturated rings. The highest BCUT2D eigenvalue weighted by molar-refractivity contribution is 6.30. The molecule has 2 aromatic carbocycles. The van der Waals surface area contributed by atoms with Crippen LogP contribution < -0.4 is 5.32 Å². The number of hydrogen-bond donors (Lipinski definition) is 1. The Kier molecular flexibility index (Phi) is 5.48. The number of aryl methyl sites for hydroxylation is 1. The number of amides is 1. The quantitative estimate of drug-likeness (QED) is 0.653. The van der Waals surface area contributed by atoms with Gasteiger partial charge in [0, 0.05) is 35.9 Å². The second-order valence-electron chi connectivity index (χ2n) is 8.93. The number of hydrogen-bond acceptors (Lipinski definition) is 3. The summed E-state index contributed by atoms with van der Waals surface area (Å²) >= 11 is 6.33. The number of carbonyl (C=O) groups excluding carboxylic acids is 1. The minimum Gasteiger partial charge on any atom is -0.444 e. The third-order valence-electron chi connectivity index (χ3n) is 5.58. The number of benzene rings is 2. The molecule has 0 aliphatic carbocycles. The maximum absolute atomic E-state index is 12.6. The van der Waals surface area contributed by atoms with Crippen LogP contribution in [0.1, 0.15) is 43.9 Å². The van der Waals surface area contributed by atoms with Gasteiger partial charge < -0.3 is 15.0 Å². The van der Waals surface area contributed by atoms with Crippen LogP contribution in [-0.4, -0.2) is 36.2 Å². The van der Waals surface area contributed by atoms with Crippen molar-refractivity contribution >= 4 is 23.4 Å². The molecule has 4 rings (SSSR count). The van der Waals surface area contributed by atoms with E-state index >= 15 is 0 Å². The van der Waals surface area contributed by atoms with Gasteiger partial charge in [0.05, 0.1) is 0 Å². The number of halogens is 1. The number of anilines is 1. The Labute approximate surface area is 178 Å². The molecule has 0 aromatic heterocycles. The average molecular weight is 413 g/mol. The Morgan fingerprint density at radius 2 is 1.90 bits per heavy atom. The number of carbonyl (C=O) groups is 1. The fourth-order valence-corrected chi connectivity index (χ4v) is 4.52. The predicted molar refractivity (Wildman–Crippen MR) is 119 cm³/mol. The fourth-order valence-electron chi connectivity index (χ4n) is 4.33. The van der Waals surface area contributed by atoms with Crippen LogP contribution in [0.4, 0.5) is 10.5 Å². The smallest absolute Gasteiger partial charge is 0.410 e. The van der Waals surface area contributed by atoms with Gasteiger partial charge in [-0.25, -0.2) is 4.79 Å². The van der Waals surface area contributed by atoms with E-state index < -0.39 is 5.60 Å². The third kappa shape index (κ3) is 4.37. The normalized spacial score (nSPS) is 16.3. The van der Waals surface area contributed by atoms with E-state index in [1.807, 2.05) is 43.9 Å². The Balaban J connectivity index is 1.73. The Hall–Kier alpha value is -2.20. The van der Waals surface area contributed by atoms with Crippen LogP contribution >= 0.6 is 11.6 Å². The molecule has 2 aliphatic heterocycles. The largest absolute Gasteiger partial charge is 0.444 e. The molecule has 1 N–H and O–H groups in total. The van der Waals surface area contributed by atoms with Gasteiger partial charge in [-0.1, -0.05) is 29.8 Å². The summed E-state index contributed by atoms with van der Waals surface area (Å²) in [6.07, 6.45) is 3.65. The summed E-state index contributed by atoms with van der Waals surface area (Å²) in [5, 5.41) is 4.38. The maximum atomic E-state index is 12.6. The van der Waals surface area contributed by atoms with Gasteiger partial charge >= 0.3 is 6.09 Å². The molecule has 29 heavy (non-hydrogen) atoms. The first-order valence-electron chi connectivity index (χ1n) is 10.5. The average Bonchev–Trinajstić information content (AvgIpc) is 2.87. The lowest BCUT2D eigenvalue weighted by Gasteiger charge is -2.26. The summed E-state index contributed by atoms with van der Waals surface area (Å²) in [6, 6.07) is 10.5. The molecular weight excluding hydrogens is 384 g/mol. The number of nitrogens with zero attached hydrogens (tertiary/aromatic N) is 1. The van der Waals surface area contributed by atoms with Gasteiger partial charge in [-0.2, -0.15) is 0 Å². The zero-order valence-corrected chi connectivity index (χ0v) is 18.2. The van der Waals surface area contributed by atoms with Crippen molar-refractivity contribution < 1.29 is 9.53 Å². The Morgan fingerprint density at radius 3 is 2.66 bits per heavy atom. The Bertz CT molecular complexity index is 933. The minimum atomic E-state index is -0.481. The van der Waals surface area contributed by atoms with Crippen LogP contribution in [0, 0.1) is 0 Å². The van der Waals surface area contributed by atoms with Crippen LogP contribution in [0.3, 0.4) is 0 Å². The second-order valence-corrected chi connectivity index (χ2v) is 9.37. The van der Waals surface area contributed by atoms with Gasteiger partial charge in [-0.3, -0.25) is 0 Å². The lowest BCUT2D eigenvalue weighted by molar-refractivity contribution is 0.0258. The third-order valence-corrected chi connectivity index (χ3v) is 5.82. The van der Waals surface area contributed by atoms with Gasteiger partial charge in [-0.15, -0.1) is 0 Å². The molecule has 0 radical (unpaired) electrons. The van der Waals surface area contributed by atoms with Crippen molar-refractivity contribution in [2.45, 2.75) is 52.1 Å². The van der Waals surface area contributed by atoms with E-state index in [1.54, 1.807) is 0 Å². The van der Waals surface area contributed by atoms with Crippen molar-refractivity contribution in [2.24, 2.45) is 0 Å². The van der Waals surface area contributed by atoms with E-state index in [-0.39, 0.29) is 6.09 Å². The summed E-state index contributed by atoms with van der Waals surface area (Å²) < 4.78 is 5.62. The predicted octanol–water partition coefficient (Wildman–Crippen LogP) is 5.70. The molecule has 2 aromatic rings. The van der Waals surface area contributed by atoms with Crippen molar-refractivity contribution in [3.05, 3.63) is 52.0 Å². The Morgan fingerprint density at radius 1 is 1.10 bits per heavy atom. The van der Waals surface area contributed by atoms with Crippen molar-refractivity contribution in [1.82, 2.24) is 4.90 Å². The summed E-state index contributed by atoms with van der Waals surface area (Å²) in [4.78, 5) is 14.5. The molecule has 0 saturated heterocycles. The topological polar surface area (TPSA) is 41.6 Å². The van der Waals surface area contributed by atoms with Crippen LogP contribution in [-0.2, 0) is 24.0 Å². The van der Waals surface area contributed by atoms with Crippen molar-refractivity contribution in [3.8, 4) is 11.1 Å². The van der Waals surface area contributed by atoms with Gasteiger partial charge in [0.15, 0.2) is 0 Å². The van der Waals surface area contributed by atoms with Gasteiger partial charge in [0.1, 0.15) is 5.60 Å².